The highest BCUT2D eigenvalue weighted by Crippen LogP contribution is 2.21. The summed E-state index contributed by atoms with van der Waals surface area (Å²) >= 11 is 0. The lowest BCUT2D eigenvalue weighted by Gasteiger charge is -2.16. The Morgan fingerprint density at radius 2 is 1.65 bits per heavy atom. The summed E-state index contributed by atoms with van der Waals surface area (Å²) in [5.74, 6) is 0.983. The highest BCUT2D eigenvalue weighted by Gasteiger charge is 2.21. The maximum Gasteiger partial charge on any atom is 0.332 e. The molecule has 1 atom stereocenters. The molecule has 2 N–H and O–H groups in total. The van der Waals surface area contributed by atoms with Crippen molar-refractivity contribution in [2.24, 2.45) is 14.1 Å². The first-order valence-corrected chi connectivity index (χ1v) is 9.80. The van der Waals surface area contributed by atoms with E-state index in [2.05, 4.69) is 10.3 Å². The van der Waals surface area contributed by atoms with Gasteiger partial charge in [0.2, 0.25) is 5.95 Å². The number of anilines is 2. The van der Waals surface area contributed by atoms with Crippen LogP contribution in [0.3, 0.4) is 0 Å². The van der Waals surface area contributed by atoms with Gasteiger partial charge in [-0.1, -0.05) is 36.4 Å². The molecule has 0 saturated carbocycles. The summed E-state index contributed by atoms with van der Waals surface area (Å²) in [7, 11) is 2.98. The number of hydrogen-bond donors (Lipinski definition) is 2. The molecule has 9 heteroatoms. The van der Waals surface area contributed by atoms with E-state index in [0.717, 1.165) is 10.3 Å². The molecule has 0 fully saturated rings. The lowest BCUT2D eigenvalue weighted by atomic mass is 10.3. The van der Waals surface area contributed by atoms with E-state index in [1.807, 2.05) is 48.5 Å². The number of rotatable bonds is 7. The van der Waals surface area contributed by atoms with E-state index in [0.29, 0.717) is 11.7 Å². The summed E-state index contributed by atoms with van der Waals surface area (Å²) in [5, 5.41) is 13.8. The van der Waals surface area contributed by atoms with Crippen molar-refractivity contribution < 1.29 is 9.84 Å². The third kappa shape index (κ3) is 4.08. The maximum atomic E-state index is 12.9. The summed E-state index contributed by atoms with van der Waals surface area (Å²) in [6.07, 6.45) is -0.920. The number of nitrogens with one attached hydrogen (secondary N) is 1. The number of fused-ring (bicyclic) bond motifs is 1. The van der Waals surface area contributed by atoms with Crippen LogP contribution >= 0.6 is 0 Å². The van der Waals surface area contributed by atoms with Gasteiger partial charge in [0, 0.05) is 19.8 Å². The lowest BCUT2D eigenvalue weighted by molar-refractivity contribution is 0.0938. The van der Waals surface area contributed by atoms with Crippen LogP contribution < -0.4 is 21.3 Å². The van der Waals surface area contributed by atoms with Gasteiger partial charge in [-0.05, 0) is 24.3 Å². The lowest BCUT2D eigenvalue weighted by Crippen LogP contribution is -2.38. The molecule has 9 nitrogen and oxygen atoms in total. The number of aryl methyl sites for hydroxylation is 1. The van der Waals surface area contributed by atoms with Gasteiger partial charge >= 0.3 is 5.69 Å². The number of benzene rings is 2. The smallest absolute Gasteiger partial charge is 0.332 e. The minimum absolute atomic E-state index is 0.0283. The number of ether oxygens (including phenoxy) is 1. The highest BCUT2D eigenvalue weighted by molar-refractivity contribution is 5.75. The fraction of sp³-hybridized carbons (Fsp3) is 0.227. The van der Waals surface area contributed by atoms with Crippen molar-refractivity contribution in [3.05, 3.63) is 81.5 Å². The number of nitrogens with zero attached hydrogens (tertiary/aromatic N) is 4. The first-order valence-electron chi connectivity index (χ1n) is 9.80. The van der Waals surface area contributed by atoms with Gasteiger partial charge < -0.3 is 19.7 Å². The Morgan fingerprint density at radius 3 is 2.32 bits per heavy atom. The summed E-state index contributed by atoms with van der Waals surface area (Å²) in [4.78, 5) is 29.7. The first kappa shape index (κ1) is 20.4. The van der Waals surface area contributed by atoms with Gasteiger partial charge in [-0.3, -0.25) is 13.9 Å². The molecule has 160 valence electrons. The molecule has 2 aromatic carbocycles. The van der Waals surface area contributed by atoms with Gasteiger partial charge in [-0.25, -0.2) is 4.79 Å². The molecular weight excluding hydrogens is 398 g/mol. The van der Waals surface area contributed by atoms with Crippen molar-refractivity contribution in [3.63, 3.8) is 0 Å². The van der Waals surface area contributed by atoms with Crippen LogP contribution in [0.15, 0.2) is 70.3 Å². The van der Waals surface area contributed by atoms with Crippen molar-refractivity contribution in [2.45, 2.75) is 12.6 Å². The van der Waals surface area contributed by atoms with Gasteiger partial charge in [-0.2, -0.15) is 4.98 Å². The molecule has 4 rings (SSSR count). The Hall–Kier alpha value is -3.85. The summed E-state index contributed by atoms with van der Waals surface area (Å²) in [6, 6.07) is 18.5. The van der Waals surface area contributed by atoms with Crippen LogP contribution in [0.1, 0.15) is 0 Å². The Balaban J connectivity index is 1.73. The molecule has 0 spiro atoms. The average molecular weight is 421 g/mol. The molecule has 2 heterocycles. The van der Waals surface area contributed by atoms with E-state index in [4.69, 9.17) is 4.74 Å². The van der Waals surface area contributed by atoms with Crippen LogP contribution in [0.2, 0.25) is 0 Å². The van der Waals surface area contributed by atoms with Crippen molar-refractivity contribution in [3.8, 4) is 5.75 Å². The van der Waals surface area contributed by atoms with Gasteiger partial charge in [0.1, 0.15) is 18.5 Å². The Kier molecular flexibility index (Phi) is 5.59. The largest absolute Gasteiger partial charge is 0.491 e. The quantitative estimate of drug-likeness (QED) is 0.470. The maximum absolute atomic E-state index is 12.9. The molecule has 0 saturated heterocycles. The fourth-order valence-electron chi connectivity index (χ4n) is 3.34. The number of hydrogen-bond acceptors (Lipinski definition) is 6. The first-order chi connectivity index (χ1) is 15.0. The van der Waals surface area contributed by atoms with E-state index >= 15 is 0 Å². The topological polar surface area (TPSA) is 103 Å². The zero-order valence-corrected chi connectivity index (χ0v) is 17.2. The third-order valence-electron chi connectivity index (χ3n) is 4.96. The van der Waals surface area contributed by atoms with Gasteiger partial charge in [0.15, 0.2) is 11.2 Å². The molecule has 2 aromatic heterocycles. The number of aromatic nitrogens is 4. The molecular formula is C22H23N5O4. The van der Waals surface area contributed by atoms with Crippen LogP contribution in [0.4, 0.5) is 11.6 Å². The van der Waals surface area contributed by atoms with Gasteiger partial charge in [0.05, 0.1) is 6.54 Å². The molecule has 0 aliphatic rings. The van der Waals surface area contributed by atoms with Crippen LogP contribution in [0.25, 0.3) is 11.2 Å². The number of para-hydroxylation sites is 2. The molecule has 0 radical (unpaired) electrons. The van der Waals surface area contributed by atoms with Crippen LogP contribution in [0, 0.1) is 0 Å². The van der Waals surface area contributed by atoms with Crippen LogP contribution in [-0.4, -0.2) is 36.5 Å². The monoisotopic (exact) mass is 421 g/mol. The molecule has 0 aliphatic heterocycles. The number of imidazole rings is 1. The zero-order chi connectivity index (χ0) is 22.0. The Morgan fingerprint density at radius 1 is 1.00 bits per heavy atom. The van der Waals surface area contributed by atoms with Crippen LogP contribution in [0.5, 0.6) is 5.75 Å². The second-order valence-corrected chi connectivity index (χ2v) is 7.19. The predicted molar refractivity (Wildman–Crippen MR) is 118 cm³/mol. The molecule has 0 aliphatic carbocycles. The van der Waals surface area contributed by atoms with Crippen molar-refractivity contribution in [1.82, 2.24) is 18.7 Å². The SMILES string of the molecule is Cn1c(=O)c2c(nc(Nc3ccccc3)n2C[C@H](O)COc2ccccc2)n(C)c1=O. The standard InChI is InChI=1S/C22H23N5O4/c1-25-19-18(20(29)26(2)22(25)30)27(21(24-19)23-15-9-5-3-6-10-15)13-16(28)14-31-17-11-7-4-8-12-17/h3-12,16,28H,13-14H2,1-2H3,(H,23,24)/t16-/m0/s1. The normalized spacial score (nSPS) is 12.1. The molecule has 4 aromatic rings. The molecule has 0 bridgehead atoms. The summed E-state index contributed by atoms with van der Waals surface area (Å²) in [5.41, 5.74) is 0.268. The third-order valence-corrected chi connectivity index (χ3v) is 4.96. The average Bonchev–Trinajstić information content (AvgIpc) is 3.14. The number of aliphatic hydroxyl groups is 1. The zero-order valence-electron chi connectivity index (χ0n) is 17.2. The summed E-state index contributed by atoms with van der Waals surface area (Å²) in [6.45, 7) is 0.0759. The second kappa shape index (κ2) is 8.49. The van der Waals surface area contributed by atoms with Crippen molar-refractivity contribution >= 4 is 22.8 Å². The van der Waals surface area contributed by atoms with E-state index in [1.165, 1.54) is 11.6 Å². The highest BCUT2D eigenvalue weighted by atomic mass is 16.5. The van der Waals surface area contributed by atoms with Crippen molar-refractivity contribution in [2.75, 3.05) is 11.9 Å². The fourth-order valence-corrected chi connectivity index (χ4v) is 3.34. The van der Waals surface area contributed by atoms with Crippen LogP contribution in [-0.2, 0) is 20.6 Å². The predicted octanol–water partition coefficient (Wildman–Crippen LogP) is 1.62. The van der Waals surface area contributed by atoms with E-state index in [1.54, 1.807) is 23.7 Å². The Labute approximate surface area is 177 Å². The van der Waals surface area contributed by atoms with Crippen molar-refractivity contribution in [1.29, 1.82) is 0 Å². The minimum atomic E-state index is -0.920. The van der Waals surface area contributed by atoms with E-state index < -0.39 is 17.4 Å². The molecule has 0 unspecified atom stereocenters. The molecule has 0 amide bonds. The van der Waals surface area contributed by atoms with E-state index in [9.17, 15) is 14.7 Å². The van der Waals surface area contributed by atoms with Gasteiger partial charge in [0.25, 0.3) is 5.56 Å². The molecule has 31 heavy (non-hydrogen) atoms. The minimum Gasteiger partial charge on any atom is -0.491 e. The second-order valence-electron chi connectivity index (χ2n) is 7.19. The van der Waals surface area contributed by atoms with E-state index in [-0.39, 0.29) is 24.3 Å². The number of aliphatic hydroxyl groups excluding tert-OH is 1. The Bertz CT molecular complexity index is 1310. The van der Waals surface area contributed by atoms with Gasteiger partial charge in [-0.15, -0.1) is 0 Å². The summed E-state index contributed by atoms with van der Waals surface area (Å²) < 4.78 is 9.57.